The lowest BCUT2D eigenvalue weighted by atomic mass is 10.2. The molecule has 0 aliphatic rings. The molecular formula is C24H29Cl2N3O6. The minimum absolute atomic E-state index is 0.222. The maximum Gasteiger partial charge on any atom is 0.258 e. The lowest BCUT2D eigenvalue weighted by Gasteiger charge is -2.18. The van der Waals surface area contributed by atoms with Crippen LogP contribution < -0.4 is 24.3 Å². The number of hydrogen-bond donors (Lipinski definition) is 1. The van der Waals surface area contributed by atoms with E-state index in [4.69, 9.17) is 42.1 Å². The number of carbonyl (C=O) groups is 2. The Hall–Kier alpha value is -3.04. The number of benzene rings is 2. The van der Waals surface area contributed by atoms with Gasteiger partial charge in [-0.15, -0.1) is 0 Å². The molecule has 0 spiro atoms. The molecule has 0 bridgehead atoms. The van der Waals surface area contributed by atoms with Gasteiger partial charge in [0.2, 0.25) is 6.04 Å². The molecule has 9 nitrogen and oxygen atoms in total. The molecule has 190 valence electrons. The molecule has 11 heteroatoms. The summed E-state index contributed by atoms with van der Waals surface area (Å²) in [5, 5.41) is 11.3. The Balaban J connectivity index is 2.38. The van der Waals surface area contributed by atoms with Crippen LogP contribution in [0.25, 0.3) is 0 Å². The van der Waals surface area contributed by atoms with Crippen molar-refractivity contribution in [2.45, 2.75) is 40.7 Å². The van der Waals surface area contributed by atoms with Crippen molar-refractivity contribution in [3.05, 3.63) is 34.3 Å². The van der Waals surface area contributed by atoms with Gasteiger partial charge < -0.3 is 24.3 Å². The number of rotatable bonds is 13. The van der Waals surface area contributed by atoms with E-state index < -0.39 is 17.7 Å². The van der Waals surface area contributed by atoms with Crippen LogP contribution in [0.1, 0.15) is 34.6 Å². The van der Waals surface area contributed by atoms with Crippen LogP contribution in [-0.4, -0.2) is 44.2 Å². The molecule has 1 amide bonds. The number of ketones is 1. The van der Waals surface area contributed by atoms with Gasteiger partial charge in [0.05, 0.1) is 37.1 Å². The highest BCUT2D eigenvalue weighted by Crippen LogP contribution is 2.43. The van der Waals surface area contributed by atoms with Crippen LogP contribution in [-0.2, 0) is 9.59 Å². The van der Waals surface area contributed by atoms with Crippen molar-refractivity contribution in [3.8, 4) is 23.0 Å². The first-order valence-corrected chi connectivity index (χ1v) is 11.9. The average molecular weight is 526 g/mol. The van der Waals surface area contributed by atoms with Crippen molar-refractivity contribution in [1.29, 1.82) is 0 Å². The average Bonchev–Trinajstić information content (AvgIpc) is 2.81. The van der Waals surface area contributed by atoms with Gasteiger partial charge in [-0.25, -0.2) is 0 Å². The standard InChI is InChI=1S/C24H29Cl2N3O6/c1-6-32-18-13-12-17(22(19(18)26)34-8-3)28-29-20(14(5)30)24(31)27-16-11-10-15(25)21(33-7-2)23(16)35-9-4/h10-13,20H,6-9H2,1-5H3,(H,27,31). The second-order valence-corrected chi connectivity index (χ2v) is 7.71. The second kappa shape index (κ2) is 13.7. The topological polar surface area (TPSA) is 108 Å². The molecular weight excluding hydrogens is 497 g/mol. The van der Waals surface area contributed by atoms with Crippen LogP contribution in [0.15, 0.2) is 34.5 Å². The summed E-state index contributed by atoms with van der Waals surface area (Å²) in [6, 6.07) is 4.88. The Bertz CT molecular complexity index is 1080. The number of amides is 1. The number of Topliss-reactive ketones (excluding diaryl/α,β-unsaturated/α-hetero) is 1. The van der Waals surface area contributed by atoms with E-state index >= 15 is 0 Å². The van der Waals surface area contributed by atoms with Gasteiger partial charge in [0.25, 0.3) is 5.91 Å². The van der Waals surface area contributed by atoms with E-state index in [1.54, 1.807) is 45.0 Å². The van der Waals surface area contributed by atoms with Gasteiger partial charge >= 0.3 is 0 Å². The molecule has 1 unspecified atom stereocenters. The summed E-state index contributed by atoms with van der Waals surface area (Å²) in [5.74, 6) is -0.00951. The number of ether oxygens (including phenoxy) is 4. The molecule has 2 aromatic rings. The molecule has 0 fully saturated rings. The van der Waals surface area contributed by atoms with E-state index in [0.29, 0.717) is 42.9 Å². The summed E-state index contributed by atoms with van der Waals surface area (Å²) in [4.78, 5) is 25.3. The Morgan fingerprint density at radius 1 is 0.857 bits per heavy atom. The molecule has 1 atom stereocenters. The fraction of sp³-hybridized carbons (Fsp3) is 0.417. The fourth-order valence-corrected chi connectivity index (χ4v) is 3.47. The van der Waals surface area contributed by atoms with Gasteiger partial charge in [-0.3, -0.25) is 9.59 Å². The van der Waals surface area contributed by atoms with Crippen LogP contribution >= 0.6 is 23.2 Å². The zero-order chi connectivity index (χ0) is 26.0. The van der Waals surface area contributed by atoms with Crippen molar-refractivity contribution >= 4 is 46.3 Å². The summed E-state index contributed by atoms with van der Waals surface area (Å²) in [6.07, 6.45) is 0. The van der Waals surface area contributed by atoms with Gasteiger partial charge in [-0.05, 0) is 58.9 Å². The van der Waals surface area contributed by atoms with E-state index in [1.165, 1.54) is 6.92 Å². The second-order valence-electron chi connectivity index (χ2n) is 6.93. The van der Waals surface area contributed by atoms with Crippen molar-refractivity contribution in [1.82, 2.24) is 0 Å². The van der Waals surface area contributed by atoms with Crippen LogP contribution in [0.2, 0.25) is 10.0 Å². The summed E-state index contributed by atoms with van der Waals surface area (Å²) >= 11 is 12.6. The van der Waals surface area contributed by atoms with Crippen molar-refractivity contribution in [2.24, 2.45) is 10.2 Å². The first-order chi connectivity index (χ1) is 16.8. The predicted molar refractivity (Wildman–Crippen MR) is 135 cm³/mol. The number of nitrogens with one attached hydrogen (secondary N) is 1. The van der Waals surface area contributed by atoms with E-state index in [1.807, 2.05) is 6.92 Å². The number of nitrogens with zero attached hydrogens (tertiary/aromatic N) is 2. The number of carbonyl (C=O) groups excluding carboxylic acids is 2. The van der Waals surface area contributed by atoms with Crippen molar-refractivity contribution in [3.63, 3.8) is 0 Å². The van der Waals surface area contributed by atoms with Crippen molar-refractivity contribution < 1.29 is 28.5 Å². The van der Waals surface area contributed by atoms with Gasteiger partial charge in [0, 0.05) is 0 Å². The van der Waals surface area contributed by atoms with Crippen LogP contribution in [0.5, 0.6) is 23.0 Å². The third-order valence-corrected chi connectivity index (χ3v) is 5.10. The normalized spacial score (nSPS) is 11.7. The first-order valence-electron chi connectivity index (χ1n) is 11.2. The molecule has 1 N–H and O–H groups in total. The van der Waals surface area contributed by atoms with E-state index in [-0.39, 0.29) is 27.9 Å². The molecule has 2 rings (SSSR count). The smallest absolute Gasteiger partial charge is 0.258 e. The molecule has 2 aromatic carbocycles. The van der Waals surface area contributed by atoms with E-state index in [9.17, 15) is 9.59 Å². The Labute approximate surface area is 214 Å². The van der Waals surface area contributed by atoms with Gasteiger partial charge in [0.1, 0.15) is 16.5 Å². The molecule has 0 heterocycles. The van der Waals surface area contributed by atoms with Crippen LogP contribution in [0, 0.1) is 0 Å². The van der Waals surface area contributed by atoms with Gasteiger partial charge in [-0.2, -0.15) is 10.2 Å². The SMILES string of the molecule is CCOc1ccc(N=NC(C(C)=O)C(=O)Nc2ccc(Cl)c(OCC)c2OCC)c(OCC)c1Cl. The summed E-state index contributed by atoms with van der Waals surface area (Å²) in [6.45, 7) is 9.82. The van der Waals surface area contributed by atoms with Gasteiger partial charge in [-0.1, -0.05) is 23.2 Å². The fourth-order valence-electron chi connectivity index (χ4n) is 3.00. The quantitative estimate of drug-likeness (QED) is 0.244. The molecule has 35 heavy (non-hydrogen) atoms. The Morgan fingerprint density at radius 3 is 2.06 bits per heavy atom. The zero-order valence-corrected chi connectivity index (χ0v) is 21.8. The maximum absolute atomic E-state index is 13.0. The Kier molecular flexibility index (Phi) is 11.1. The predicted octanol–water partition coefficient (Wildman–Crippen LogP) is 6.27. The Morgan fingerprint density at radius 2 is 1.46 bits per heavy atom. The molecule has 0 aromatic heterocycles. The maximum atomic E-state index is 13.0. The lowest BCUT2D eigenvalue weighted by molar-refractivity contribution is -0.126. The molecule has 0 aliphatic heterocycles. The molecule has 0 aliphatic carbocycles. The van der Waals surface area contributed by atoms with Crippen molar-refractivity contribution in [2.75, 3.05) is 31.7 Å². The van der Waals surface area contributed by atoms with Gasteiger partial charge in [0.15, 0.2) is 23.0 Å². The summed E-state index contributed by atoms with van der Waals surface area (Å²) in [5.41, 5.74) is 0.532. The first kappa shape index (κ1) is 28.2. The number of hydrogen-bond acceptors (Lipinski definition) is 8. The highest BCUT2D eigenvalue weighted by Gasteiger charge is 2.26. The highest BCUT2D eigenvalue weighted by atomic mass is 35.5. The zero-order valence-electron chi connectivity index (χ0n) is 20.3. The van der Waals surface area contributed by atoms with Crippen LogP contribution in [0.3, 0.4) is 0 Å². The molecule has 0 saturated carbocycles. The third-order valence-electron chi connectivity index (χ3n) is 4.44. The molecule has 0 radical (unpaired) electrons. The third kappa shape index (κ3) is 7.22. The molecule has 0 saturated heterocycles. The minimum Gasteiger partial charge on any atom is -0.492 e. The summed E-state index contributed by atoms with van der Waals surface area (Å²) < 4.78 is 22.3. The number of anilines is 1. The van der Waals surface area contributed by atoms with E-state index in [0.717, 1.165) is 0 Å². The minimum atomic E-state index is -1.43. The van der Waals surface area contributed by atoms with Crippen LogP contribution in [0.4, 0.5) is 11.4 Å². The number of azo groups is 1. The monoisotopic (exact) mass is 525 g/mol. The highest BCUT2D eigenvalue weighted by molar-refractivity contribution is 6.34. The number of halogens is 2. The van der Waals surface area contributed by atoms with E-state index in [2.05, 4.69) is 15.5 Å². The lowest BCUT2D eigenvalue weighted by Crippen LogP contribution is -2.32. The summed E-state index contributed by atoms with van der Waals surface area (Å²) in [7, 11) is 0. The largest absolute Gasteiger partial charge is 0.492 e.